The van der Waals surface area contributed by atoms with Crippen molar-refractivity contribution in [2.24, 2.45) is 0 Å². The second kappa shape index (κ2) is 10.6. The second-order valence-electron chi connectivity index (χ2n) is 4.89. The molecule has 2 N–H and O–H groups in total. The SMILES string of the molecule is C=C(Cc1ccccc1C)NN/C=C/CC=CC/C=C\C. The maximum atomic E-state index is 4.03. The van der Waals surface area contributed by atoms with E-state index in [1.807, 2.05) is 13.1 Å². The Morgan fingerprint density at radius 3 is 2.52 bits per heavy atom. The van der Waals surface area contributed by atoms with Crippen molar-refractivity contribution in [3.05, 3.63) is 84.2 Å². The molecule has 0 saturated carbocycles. The smallest absolute Gasteiger partial charge is 0.0286 e. The molecule has 0 heterocycles. The Morgan fingerprint density at radius 2 is 1.81 bits per heavy atom. The highest BCUT2D eigenvalue weighted by atomic mass is 15.3. The number of aryl methyl sites for hydroxylation is 1. The van der Waals surface area contributed by atoms with Gasteiger partial charge in [0.2, 0.25) is 0 Å². The Hall–Kier alpha value is -2.22. The van der Waals surface area contributed by atoms with Gasteiger partial charge in [-0.15, -0.1) is 0 Å². The lowest BCUT2D eigenvalue weighted by atomic mass is 10.1. The van der Waals surface area contributed by atoms with Crippen LogP contribution in [0, 0.1) is 6.92 Å². The van der Waals surface area contributed by atoms with Gasteiger partial charge in [0.15, 0.2) is 0 Å². The van der Waals surface area contributed by atoms with Crippen molar-refractivity contribution >= 4 is 0 Å². The third-order valence-corrected chi connectivity index (χ3v) is 3.06. The van der Waals surface area contributed by atoms with E-state index in [0.717, 1.165) is 25.0 Å². The topological polar surface area (TPSA) is 24.1 Å². The number of hydrazine groups is 1. The fourth-order valence-corrected chi connectivity index (χ4v) is 1.84. The number of rotatable bonds is 9. The van der Waals surface area contributed by atoms with Crippen LogP contribution >= 0.6 is 0 Å². The number of hydrogen-bond donors (Lipinski definition) is 2. The lowest BCUT2D eigenvalue weighted by molar-refractivity contribution is 0.709. The standard InChI is InChI=1S/C19H26N2/c1-4-5-6-7-8-9-12-15-20-21-18(3)16-19-14-11-10-13-17(19)2/h4-5,7-8,10-15,20-21H,3,6,9,16H2,1-2H3/b5-4-,8-7?,15-12+. The monoisotopic (exact) mass is 282 g/mol. The lowest BCUT2D eigenvalue weighted by Gasteiger charge is -2.10. The van der Waals surface area contributed by atoms with Gasteiger partial charge >= 0.3 is 0 Å². The first-order valence-electron chi connectivity index (χ1n) is 7.39. The van der Waals surface area contributed by atoms with Gasteiger partial charge in [-0.2, -0.15) is 0 Å². The summed E-state index contributed by atoms with van der Waals surface area (Å²) in [5, 5.41) is 0. The van der Waals surface area contributed by atoms with Crippen molar-refractivity contribution in [2.45, 2.75) is 33.1 Å². The molecule has 0 aliphatic heterocycles. The molecule has 0 atom stereocenters. The van der Waals surface area contributed by atoms with Crippen molar-refractivity contribution in [3.8, 4) is 0 Å². The van der Waals surface area contributed by atoms with Gasteiger partial charge < -0.3 is 10.9 Å². The van der Waals surface area contributed by atoms with Gasteiger partial charge in [-0.3, -0.25) is 0 Å². The maximum absolute atomic E-state index is 4.03. The first-order valence-corrected chi connectivity index (χ1v) is 7.39. The van der Waals surface area contributed by atoms with Gasteiger partial charge in [0.1, 0.15) is 0 Å². The van der Waals surface area contributed by atoms with E-state index in [1.165, 1.54) is 11.1 Å². The predicted octanol–water partition coefficient (Wildman–Crippen LogP) is 4.57. The summed E-state index contributed by atoms with van der Waals surface area (Å²) >= 11 is 0. The van der Waals surface area contributed by atoms with E-state index >= 15 is 0 Å². The Morgan fingerprint density at radius 1 is 1.10 bits per heavy atom. The molecule has 21 heavy (non-hydrogen) atoms. The molecule has 0 amide bonds. The van der Waals surface area contributed by atoms with E-state index in [4.69, 9.17) is 0 Å². The number of nitrogens with one attached hydrogen (secondary N) is 2. The molecule has 1 rings (SSSR count). The van der Waals surface area contributed by atoms with Crippen LogP contribution in [0.1, 0.15) is 30.9 Å². The summed E-state index contributed by atoms with van der Waals surface area (Å²) in [6.45, 7) is 8.19. The van der Waals surface area contributed by atoms with E-state index in [0.29, 0.717) is 0 Å². The molecule has 0 aliphatic carbocycles. The summed E-state index contributed by atoms with van der Waals surface area (Å²) in [5.74, 6) is 0. The number of benzene rings is 1. The van der Waals surface area contributed by atoms with E-state index in [1.54, 1.807) is 0 Å². The quantitative estimate of drug-likeness (QED) is 0.512. The van der Waals surface area contributed by atoms with Gasteiger partial charge in [0.25, 0.3) is 0 Å². The molecule has 1 aromatic carbocycles. The van der Waals surface area contributed by atoms with Crippen molar-refractivity contribution in [2.75, 3.05) is 0 Å². The number of hydrogen-bond acceptors (Lipinski definition) is 2. The molecule has 2 heteroatoms. The largest absolute Gasteiger partial charge is 0.309 e. The minimum atomic E-state index is 0.830. The average Bonchev–Trinajstić information content (AvgIpc) is 2.48. The summed E-state index contributed by atoms with van der Waals surface area (Å²) in [6.07, 6.45) is 15.2. The maximum Gasteiger partial charge on any atom is 0.0286 e. The van der Waals surface area contributed by atoms with Crippen LogP contribution in [0.5, 0.6) is 0 Å². The molecule has 1 aromatic rings. The Bertz CT molecular complexity index is 510. The third-order valence-electron chi connectivity index (χ3n) is 3.06. The highest BCUT2D eigenvalue weighted by Gasteiger charge is 1.98. The van der Waals surface area contributed by atoms with Gasteiger partial charge in [0.05, 0.1) is 0 Å². The zero-order valence-electron chi connectivity index (χ0n) is 13.1. The van der Waals surface area contributed by atoms with Crippen LogP contribution in [0.3, 0.4) is 0 Å². The van der Waals surface area contributed by atoms with E-state index in [-0.39, 0.29) is 0 Å². The van der Waals surface area contributed by atoms with Gasteiger partial charge in [0, 0.05) is 18.3 Å². The van der Waals surface area contributed by atoms with Crippen LogP contribution in [0.2, 0.25) is 0 Å². The first-order chi connectivity index (χ1) is 10.2. The highest BCUT2D eigenvalue weighted by Crippen LogP contribution is 2.09. The van der Waals surface area contributed by atoms with Crippen molar-refractivity contribution in [3.63, 3.8) is 0 Å². The minimum Gasteiger partial charge on any atom is -0.309 e. The fraction of sp³-hybridized carbons (Fsp3) is 0.263. The molecule has 0 unspecified atom stereocenters. The molecule has 0 aliphatic rings. The van der Waals surface area contributed by atoms with Crippen molar-refractivity contribution < 1.29 is 0 Å². The molecular formula is C19H26N2. The summed E-state index contributed by atoms with van der Waals surface area (Å²) in [7, 11) is 0. The first kappa shape index (κ1) is 16.8. The normalized spacial score (nSPS) is 11.5. The van der Waals surface area contributed by atoms with Crippen LogP contribution in [-0.2, 0) is 6.42 Å². The summed E-state index contributed by atoms with van der Waals surface area (Å²) in [4.78, 5) is 0. The Kier molecular flexibility index (Phi) is 8.46. The van der Waals surface area contributed by atoms with Crippen LogP contribution in [-0.4, -0.2) is 0 Å². The molecule has 0 fully saturated rings. The van der Waals surface area contributed by atoms with Crippen LogP contribution in [0.4, 0.5) is 0 Å². The molecular weight excluding hydrogens is 256 g/mol. The predicted molar refractivity (Wildman–Crippen MR) is 92.6 cm³/mol. The summed E-state index contributed by atoms with van der Waals surface area (Å²) in [6, 6.07) is 8.37. The van der Waals surface area contributed by atoms with Crippen LogP contribution in [0.15, 0.2) is 73.1 Å². The lowest BCUT2D eigenvalue weighted by Crippen LogP contribution is -2.26. The molecule has 0 aromatic heterocycles. The van der Waals surface area contributed by atoms with E-state index < -0.39 is 0 Å². The zero-order chi connectivity index (χ0) is 15.3. The molecule has 0 bridgehead atoms. The molecule has 0 saturated heterocycles. The van der Waals surface area contributed by atoms with Crippen molar-refractivity contribution in [1.82, 2.24) is 10.9 Å². The Balaban J connectivity index is 2.19. The van der Waals surface area contributed by atoms with E-state index in [2.05, 4.69) is 79.0 Å². The molecule has 0 radical (unpaired) electrons. The summed E-state index contributed by atoms with van der Waals surface area (Å²) in [5.41, 5.74) is 9.70. The second-order valence-corrected chi connectivity index (χ2v) is 4.89. The summed E-state index contributed by atoms with van der Waals surface area (Å²) < 4.78 is 0. The zero-order valence-corrected chi connectivity index (χ0v) is 13.1. The minimum absolute atomic E-state index is 0.830. The number of allylic oxidation sites excluding steroid dienone is 6. The average molecular weight is 282 g/mol. The highest BCUT2D eigenvalue weighted by molar-refractivity contribution is 5.28. The van der Waals surface area contributed by atoms with Crippen LogP contribution in [0.25, 0.3) is 0 Å². The van der Waals surface area contributed by atoms with Gasteiger partial charge in [-0.1, -0.05) is 61.2 Å². The van der Waals surface area contributed by atoms with Gasteiger partial charge in [-0.05, 0) is 37.8 Å². The van der Waals surface area contributed by atoms with Crippen molar-refractivity contribution in [1.29, 1.82) is 0 Å². The van der Waals surface area contributed by atoms with Crippen LogP contribution < -0.4 is 10.9 Å². The fourth-order valence-electron chi connectivity index (χ4n) is 1.84. The van der Waals surface area contributed by atoms with E-state index in [9.17, 15) is 0 Å². The Labute approximate surface area is 128 Å². The van der Waals surface area contributed by atoms with Gasteiger partial charge in [-0.25, -0.2) is 0 Å². The molecule has 0 spiro atoms. The third kappa shape index (κ3) is 7.83. The molecule has 2 nitrogen and oxygen atoms in total. The molecule has 112 valence electrons.